The van der Waals surface area contributed by atoms with Crippen LogP contribution < -0.4 is 21.7 Å². The lowest BCUT2D eigenvalue weighted by Crippen LogP contribution is -2.39. The number of nitrogens with two attached hydrogens (primary N) is 1. The summed E-state index contributed by atoms with van der Waals surface area (Å²) < 4.78 is 1.70. The van der Waals surface area contributed by atoms with Gasteiger partial charge in [-0.15, -0.1) is 10.2 Å². The Bertz CT molecular complexity index is 1200. The molecule has 1 aliphatic rings. The number of nitrogens with one attached hydrogen (secondary N) is 3. The zero-order valence-corrected chi connectivity index (χ0v) is 20.6. The highest BCUT2D eigenvalue weighted by Gasteiger charge is 2.28. The molecule has 1 aromatic carbocycles. The Morgan fingerprint density at radius 2 is 2.00 bits per heavy atom. The van der Waals surface area contributed by atoms with Gasteiger partial charge in [-0.25, -0.2) is 4.40 Å². The number of amides is 2. The van der Waals surface area contributed by atoms with Crippen molar-refractivity contribution in [2.45, 2.75) is 44.4 Å². The molecule has 13 heteroatoms. The molecule has 35 heavy (non-hydrogen) atoms. The number of carbonyl (C=O) groups is 2. The minimum absolute atomic E-state index is 0.140. The van der Waals surface area contributed by atoms with E-state index in [-0.39, 0.29) is 23.6 Å². The maximum absolute atomic E-state index is 12.7. The molecule has 3 heterocycles. The normalized spacial score (nSPS) is 15.9. The maximum Gasteiger partial charge on any atom is 0.261 e. The molecule has 1 aliphatic heterocycles. The lowest BCUT2D eigenvalue weighted by Gasteiger charge is -2.22. The van der Waals surface area contributed by atoms with Crippen LogP contribution >= 0.6 is 11.8 Å². The Labute approximate surface area is 207 Å². The Hall–Kier alpha value is -3.45. The highest BCUT2D eigenvalue weighted by Crippen LogP contribution is 2.23. The van der Waals surface area contributed by atoms with Crippen LogP contribution in [0.25, 0.3) is 5.78 Å². The summed E-state index contributed by atoms with van der Waals surface area (Å²) in [4.78, 5) is 35.3. The zero-order valence-electron chi connectivity index (χ0n) is 19.8. The average Bonchev–Trinajstić information content (AvgIpc) is 3.45. The van der Waals surface area contributed by atoms with Crippen LogP contribution in [0.3, 0.4) is 0 Å². The Kier molecular flexibility index (Phi) is 7.98. The molecule has 0 radical (unpaired) electrons. The second-order valence-corrected chi connectivity index (χ2v) is 9.06. The van der Waals surface area contributed by atoms with Crippen LogP contribution in [0, 0.1) is 0 Å². The van der Waals surface area contributed by atoms with Gasteiger partial charge in [0.2, 0.25) is 23.7 Å². The molecule has 2 amide bonds. The number of anilines is 3. The Morgan fingerprint density at radius 1 is 1.17 bits per heavy atom. The van der Waals surface area contributed by atoms with E-state index in [1.165, 1.54) is 11.8 Å². The van der Waals surface area contributed by atoms with Gasteiger partial charge in [-0.1, -0.05) is 23.9 Å². The molecule has 0 saturated carbocycles. The summed E-state index contributed by atoms with van der Waals surface area (Å²) in [5.74, 6) is 1.11. The second-order valence-electron chi connectivity index (χ2n) is 8.12. The van der Waals surface area contributed by atoms with Gasteiger partial charge in [-0.05, 0) is 50.9 Å². The van der Waals surface area contributed by atoms with Gasteiger partial charge in [-0.3, -0.25) is 14.5 Å². The van der Waals surface area contributed by atoms with Gasteiger partial charge < -0.3 is 21.7 Å². The number of thioether (sulfide) groups is 1. The monoisotopic (exact) mass is 498 g/mol. The molecule has 1 fully saturated rings. The first-order chi connectivity index (χ1) is 17.0. The molecule has 2 aromatic heterocycles. The van der Waals surface area contributed by atoms with E-state index < -0.39 is 0 Å². The number of aromatic nitrogens is 5. The zero-order chi connectivity index (χ0) is 24.8. The number of carbonyl (C=O) groups excluding carboxylic acids is 2. The van der Waals surface area contributed by atoms with Crippen LogP contribution in [0.5, 0.6) is 0 Å². The molecule has 5 N–H and O–H groups in total. The number of hydrogen-bond donors (Lipinski definition) is 4. The number of likely N-dealkylation sites (tertiary alicyclic amines) is 1. The van der Waals surface area contributed by atoms with E-state index >= 15 is 0 Å². The smallest absolute Gasteiger partial charge is 0.261 e. The number of primary amides is 1. The van der Waals surface area contributed by atoms with Gasteiger partial charge in [0, 0.05) is 25.3 Å². The quantitative estimate of drug-likeness (QED) is 0.286. The number of nitrogens with zero attached hydrogens (tertiary/aromatic N) is 6. The summed E-state index contributed by atoms with van der Waals surface area (Å²) in [6.45, 7) is 6.72. The summed E-state index contributed by atoms with van der Waals surface area (Å²) in [5, 5.41) is 18.1. The van der Waals surface area contributed by atoms with Crippen LogP contribution in [0.4, 0.5) is 17.6 Å². The fourth-order valence-electron chi connectivity index (χ4n) is 4.04. The summed E-state index contributed by atoms with van der Waals surface area (Å²) >= 11 is 1.25. The second kappa shape index (κ2) is 11.3. The fourth-order valence-corrected chi connectivity index (χ4v) is 4.77. The van der Waals surface area contributed by atoms with Gasteiger partial charge in [0.15, 0.2) is 5.16 Å². The molecule has 1 saturated heterocycles. The lowest BCUT2D eigenvalue weighted by atomic mass is 10.1. The van der Waals surface area contributed by atoms with Gasteiger partial charge in [-0.2, -0.15) is 9.97 Å². The number of hydrogen-bond acceptors (Lipinski definition) is 10. The van der Waals surface area contributed by atoms with Crippen molar-refractivity contribution in [3.05, 3.63) is 29.8 Å². The molecule has 1 unspecified atom stereocenters. The van der Waals surface area contributed by atoms with E-state index in [4.69, 9.17) is 5.73 Å². The average molecular weight is 499 g/mol. The molecule has 0 aliphatic carbocycles. The summed E-state index contributed by atoms with van der Waals surface area (Å²) in [6.07, 6.45) is 1.74. The van der Waals surface area contributed by atoms with Crippen LogP contribution in [0.15, 0.2) is 29.4 Å². The molecule has 1 atom stereocenters. The largest absolute Gasteiger partial charge is 0.368 e. The van der Waals surface area contributed by atoms with E-state index in [0.717, 1.165) is 24.9 Å². The summed E-state index contributed by atoms with van der Waals surface area (Å²) in [5.41, 5.74) is 7.23. The fraction of sp³-hybridized carbons (Fsp3) is 0.455. The van der Waals surface area contributed by atoms with E-state index in [2.05, 4.69) is 41.0 Å². The third-order valence-electron chi connectivity index (χ3n) is 5.54. The number of benzene rings is 1. The van der Waals surface area contributed by atoms with E-state index in [1.807, 2.05) is 38.1 Å². The third kappa shape index (κ3) is 5.98. The highest BCUT2D eigenvalue weighted by molar-refractivity contribution is 7.99. The van der Waals surface area contributed by atoms with E-state index in [9.17, 15) is 9.59 Å². The van der Waals surface area contributed by atoms with Gasteiger partial charge in [0.05, 0.1) is 11.8 Å². The molecule has 186 valence electrons. The van der Waals surface area contributed by atoms with Gasteiger partial charge >= 0.3 is 0 Å². The minimum atomic E-state index is -0.287. The molecular formula is C22H30N10O2S. The molecule has 12 nitrogen and oxygen atoms in total. The van der Waals surface area contributed by atoms with Crippen molar-refractivity contribution in [3.8, 4) is 0 Å². The molecular weight excluding hydrogens is 468 g/mol. The first-order valence-electron chi connectivity index (χ1n) is 11.6. The van der Waals surface area contributed by atoms with Crippen LogP contribution in [-0.2, 0) is 16.1 Å². The van der Waals surface area contributed by atoms with Crippen LogP contribution in [0.1, 0.15) is 32.3 Å². The van der Waals surface area contributed by atoms with E-state index in [1.54, 1.807) is 4.40 Å². The predicted molar refractivity (Wildman–Crippen MR) is 135 cm³/mol. The highest BCUT2D eigenvalue weighted by atomic mass is 32.2. The molecule has 4 rings (SSSR count). The van der Waals surface area contributed by atoms with Crippen molar-refractivity contribution in [2.24, 2.45) is 5.73 Å². The predicted octanol–water partition coefficient (Wildman–Crippen LogP) is 1.56. The molecule has 0 spiro atoms. The Morgan fingerprint density at radius 3 is 2.77 bits per heavy atom. The standard InChI is InChI=1S/C22H30N10O2S/c1-3-24-19-27-20(25-4-2)32-21(28-19)29-30-22(32)35-13-17(33)26-15-8-5-7-14(11-15)12-31-10-6-9-16(31)18(23)34/h5,7-8,11,16H,3-4,6,9-10,12-13H2,1-2H3,(H2,23,34)(H,26,33)(H2,24,25,27,28,29). The minimum Gasteiger partial charge on any atom is -0.368 e. The Balaban J connectivity index is 1.40. The first-order valence-corrected chi connectivity index (χ1v) is 12.6. The van der Waals surface area contributed by atoms with Crippen molar-refractivity contribution in [1.29, 1.82) is 0 Å². The molecule has 0 bridgehead atoms. The lowest BCUT2D eigenvalue weighted by molar-refractivity contribution is -0.122. The van der Waals surface area contributed by atoms with Crippen LogP contribution in [-0.4, -0.2) is 72.7 Å². The SMILES string of the molecule is CCNc1nc(NCC)n2c(SCC(=O)Nc3cccc(CN4CCCC4C(N)=O)c3)nnc2n1. The summed E-state index contributed by atoms with van der Waals surface area (Å²) in [6, 6.07) is 7.40. The van der Waals surface area contributed by atoms with Crippen molar-refractivity contribution in [1.82, 2.24) is 29.5 Å². The third-order valence-corrected chi connectivity index (χ3v) is 6.47. The van der Waals surface area contributed by atoms with Crippen molar-refractivity contribution < 1.29 is 9.59 Å². The maximum atomic E-state index is 12.7. The number of rotatable bonds is 11. The van der Waals surface area contributed by atoms with Gasteiger partial charge in [0.25, 0.3) is 5.78 Å². The molecule has 3 aromatic rings. The first kappa shape index (κ1) is 24.7. The van der Waals surface area contributed by atoms with Crippen molar-refractivity contribution in [2.75, 3.05) is 41.3 Å². The van der Waals surface area contributed by atoms with Gasteiger partial charge in [0.1, 0.15) is 0 Å². The van der Waals surface area contributed by atoms with Crippen molar-refractivity contribution >= 4 is 46.9 Å². The van der Waals surface area contributed by atoms with Crippen LogP contribution in [0.2, 0.25) is 0 Å². The van der Waals surface area contributed by atoms with Crippen molar-refractivity contribution in [3.63, 3.8) is 0 Å². The van der Waals surface area contributed by atoms with E-state index in [0.29, 0.717) is 48.2 Å². The summed E-state index contributed by atoms with van der Waals surface area (Å²) in [7, 11) is 0. The topological polar surface area (TPSA) is 155 Å². The number of fused-ring (bicyclic) bond motifs is 1.